The fraction of sp³-hybridized carbons (Fsp3) is 0.0625. The number of hydrogen-bond donors (Lipinski definition) is 1. The number of phenolic OH excluding ortho intramolecular Hbond substituents is 1. The second-order valence-corrected chi connectivity index (χ2v) is 7.56. The molecule has 0 spiro atoms. The highest BCUT2D eigenvalue weighted by Crippen LogP contribution is 2.36. The van der Waals surface area contributed by atoms with Gasteiger partial charge in [0, 0.05) is 15.6 Å². The number of rotatable bonds is 4. The summed E-state index contributed by atoms with van der Waals surface area (Å²) in [7, 11) is 0. The topological polar surface area (TPSA) is 68.1 Å². The van der Waals surface area contributed by atoms with E-state index in [0.717, 1.165) is 11.1 Å². The van der Waals surface area contributed by atoms with Crippen LogP contribution >= 0.6 is 55.1 Å². The molecule has 1 aromatic heterocycles. The van der Waals surface area contributed by atoms with E-state index in [0.29, 0.717) is 24.7 Å². The van der Waals surface area contributed by atoms with Crippen molar-refractivity contribution in [1.82, 2.24) is 15.2 Å². The van der Waals surface area contributed by atoms with E-state index >= 15 is 0 Å². The Bertz CT molecular complexity index is 880. The second-order valence-electron chi connectivity index (χ2n) is 4.98. The predicted octanol–water partition coefficient (Wildman–Crippen LogP) is 5.66. The number of hydrogen-bond acceptors (Lipinski definition) is 5. The van der Waals surface area contributed by atoms with E-state index in [9.17, 15) is 5.11 Å². The maximum atomic E-state index is 9.75. The van der Waals surface area contributed by atoms with Crippen LogP contribution in [0.2, 0.25) is 10.0 Å². The van der Waals surface area contributed by atoms with Gasteiger partial charge in [0.2, 0.25) is 0 Å². The second kappa shape index (κ2) is 7.86. The zero-order valence-electron chi connectivity index (χ0n) is 12.4. The molecule has 0 saturated carbocycles. The van der Waals surface area contributed by atoms with Gasteiger partial charge in [-0.1, -0.05) is 28.3 Å². The molecule has 5 nitrogen and oxygen atoms in total. The molecule has 128 valence electrons. The Morgan fingerprint density at radius 3 is 2.16 bits per heavy atom. The van der Waals surface area contributed by atoms with Crippen LogP contribution in [0.3, 0.4) is 0 Å². The molecule has 0 bridgehead atoms. The number of benzene rings is 2. The summed E-state index contributed by atoms with van der Waals surface area (Å²) in [5, 5.41) is 18.9. The van der Waals surface area contributed by atoms with E-state index in [1.54, 1.807) is 36.5 Å². The van der Waals surface area contributed by atoms with Crippen molar-refractivity contribution in [3.63, 3.8) is 0 Å². The fourth-order valence-electron chi connectivity index (χ4n) is 2.02. The van der Waals surface area contributed by atoms with Crippen molar-refractivity contribution >= 4 is 55.1 Å². The summed E-state index contributed by atoms with van der Waals surface area (Å²) >= 11 is 18.4. The number of phenols is 1. The van der Waals surface area contributed by atoms with Crippen LogP contribution in [0.25, 0.3) is 11.3 Å². The minimum absolute atomic E-state index is 0.116. The quantitative estimate of drug-likeness (QED) is 0.496. The Morgan fingerprint density at radius 1 is 0.960 bits per heavy atom. The summed E-state index contributed by atoms with van der Waals surface area (Å²) < 4.78 is 6.58. The van der Waals surface area contributed by atoms with Crippen LogP contribution < -0.4 is 4.74 Å². The molecule has 0 saturated heterocycles. The third-order valence-electron chi connectivity index (χ3n) is 3.14. The lowest BCUT2D eigenvalue weighted by molar-refractivity contribution is 0.277. The highest BCUT2D eigenvalue weighted by atomic mass is 79.9. The lowest BCUT2D eigenvalue weighted by Crippen LogP contribution is -2.01. The normalized spacial score (nSPS) is 10.7. The summed E-state index contributed by atoms with van der Waals surface area (Å²) in [5.74, 6) is 0.116. The maximum Gasteiger partial charge on any atom is 0.336 e. The number of nitrogens with zero attached hydrogens (tertiary/aromatic N) is 3. The molecule has 9 heteroatoms. The molecule has 1 N–H and O–H groups in total. The van der Waals surface area contributed by atoms with Crippen LogP contribution in [0.5, 0.6) is 11.8 Å². The Hall–Kier alpha value is -1.41. The average molecular weight is 506 g/mol. The van der Waals surface area contributed by atoms with Crippen molar-refractivity contribution < 1.29 is 9.84 Å². The number of aromatic hydroxyl groups is 1. The van der Waals surface area contributed by atoms with Crippen LogP contribution in [0, 0.1) is 0 Å². The zero-order valence-corrected chi connectivity index (χ0v) is 17.1. The van der Waals surface area contributed by atoms with Gasteiger partial charge in [-0.2, -0.15) is 0 Å². The maximum absolute atomic E-state index is 9.75. The van der Waals surface area contributed by atoms with Gasteiger partial charge < -0.3 is 9.84 Å². The Kier molecular flexibility index (Phi) is 5.78. The van der Waals surface area contributed by atoms with Gasteiger partial charge in [-0.25, -0.2) is 4.98 Å². The van der Waals surface area contributed by atoms with Gasteiger partial charge >= 0.3 is 6.01 Å². The summed E-state index contributed by atoms with van der Waals surface area (Å²) in [6.07, 6.45) is 1.54. The minimum Gasteiger partial charge on any atom is -0.506 e. The first-order valence-electron chi connectivity index (χ1n) is 6.88. The van der Waals surface area contributed by atoms with Crippen LogP contribution in [0.15, 0.2) is 45.5 Å². The largest absolute Gasteiger partial charge is 0.506 e. The summed E-state index contributed by atoms with van der Waals surface area (Å²) in [6.45, 7) is 0.220. The molecule has 0 aliphatic heterocycles. The van der Waals surface area contributed by atoms with Gasteiger partial charge in [-0.05, 0) is 67.8 Å². The molecule has 0 atom stereocenters. The van der Waals surface area contributed by atoms with E-state index in [-0.39, 0.29) is 18.4 Å². The molecule has 2 aromatic carbocycles. The van der Waals surface area contributed by atoms with Crippen molar-refractivity contribution in [2.24, 2.45) is 0 Å². The molecule has 25 heavy (non-hydrogen) atoms. The first kappa shape index (κ1) is 18.4. The van der Waals surface area contributed by atoms with Crippen molar-refractivity contribution in [2.45, 2.75) is 6.61 Å². The lowest BCUT2D eigenvalue weighted by Gasteiger charge is -2.07. The molecule has 0 aliphatic carbocycles. The Labute approximate surface area is 170 Å². The van der Waals surface area contributed by atoms with Gasteiger partial charge in [-0.15, -0.1) is 5.10 Å². The van der Waals surface area contributed by atoms with Crippen LogP contribution in [-0.2, 0) is 6.61 Å². The van der Waals surface area contributed by atoms with E-state index in [4.69, 9.17) is 27.9 Å². The highest BCUT2D eigenvalue weighted by Gasteiger charge is 2.10. The average Bonchev–Trinajstić information content (AvgIpc) is 2.57. The molecule has 0 radical (unpaired) electrons. The first-order valence-corrected chi connectivity index (χ1v) is 9.22. The molecule has 3 aromatic rings. The van der Waals surface area contributed by atoms with Gasteiger partial charge in [-0.3, -0.25) is 0 Å². The van der Waals surface area contributed by atoms with Gasteiger partial charge in [0.25, 0.3) is 0 Å². The Morgan fingerprint density at radius 2 is 1.60 bits per heavy atom. The summed E-state index contributed by atoms with van der Waals surface area (Å²) in [4.78, 5) is 4.14. The van der Waals surface area contributed by atoms with Crippen molar-refractivity contribution in [3.05, 3.63) is 61.1 Å². The summed E-state index contributed by atoms with van der Waals surface area (Å²) in [5.41, 5.74) is 2.08. The number of halogens is 4. The minimum atomic E-state index is 0.116. The SMILES string of the molecule is Oc1c(Br)cc(-c2cnc(OCc3cc(Cl)cc(Cl)c3)nn2)cc1Br. The molecule has 0 amide bonds. The predicted molar refractivity (Wildman–Crippen MR) is 103 cm³/mol. The third kappa shape index (κ3) is 4.61. The number of ether oxygens (including phenoxy) is 1. The number of aromatic nitrogens is 3. The molecule has 0 fully saturated rings. The zero-order chi connectivity index (χ0) is 18.0. The van der Waals surface area contributed by atoms with Crippen LogP contribution in [-0.4, -0.2) is 20.3 Å². The van der Waals surface area contributed by atoms with E-state index < -0.39 is 0 Å². The van der Waals surface area contributed by atoms with E-state index in [2.05, 4.69) is 47.0 Å². The van der Waals surface area contributed by atoms with Crippen molar-refractivity contribution in [2.75, 3.05) is 0 Å². The summed E-state index contributed by atoms with van der Waals surface area (Å²) in [6, 6.07) is 8.73. The molecular weight excluding hydrogens is 497 g/mol. The lowest BCUT2D eigenvalue weighted by atomic mass is 10.1. The first-order chi connectivity index (χ1) is 11.9. The Balaban J connectivity index is 1.74. The van der Waals surface area contributed by atoms with Crippen LogP contribution in [0.1, 0.15) is 5.56 Å². The smallest absolute Gasteiger partial charge is 0.336 e. The van der Waals surface area contributed by atoms with Gasteiger partial charge in [0.15, 0.2) is 0 Å². The molecule has 0 unspecified atom stereocenters. The highest BCUT2D eigenvalue weighted by molar-refractivity contribution is 9.11. The van der Waals surface area contributed by atoms with Crippen molar-refractivity contribution in [3.8, 4) is 23.0 Å². The van der Waals surface area contributed by atoms with Gasteiger partial charge in [0.05, 0.1) is 15.1 Å². The van der Waals surface area contributed by atoms with Crippen molar-refractivity contribution in [1.29, 1.82) is 0 Å². The van der Waals surface area contributed by atoms with E-state index in [1.807, 2.05) is 0 Å². The van der Waals surface area contributed by atoms with Crippen LogP contribution in [0.4, 0.5) is 0 Å². The molecular formula is C16H9Br2Cl2N3O2. The molecule has 0 aliphatic rings. The fourth-order valence-corrected chi connectivity index (χ4v) is 3.78. The molecule has 3 rings (SSSR count). The molecule has 1 heterocycles. The monoisotopic (exact) mass is 503 g/mol. The standard InChI is InChI=1S/C16H9Br2Cl2N3O2/c17-12-3-9(4-13(18)15(12)24)14-6-21-16(23-22-14)25-7-8-1-10(19)5-11(20)2-8/h1-6,24H,7H2. The third-order valence-corrected chi connectivity index (χ3v) is 4.79. The van der Waals surface area contributed by atoms with Gasteiger partial charge in [0.1, 0.15) is 18.1 Å². The van der Waals surface area contributed by atoms with E-state index in [1.165, 1.54) is 0 Å².